The maximum absolute atomic E-state index is 4.44. The molecule has 1 unspecified atom stereocenters. The van der Waals surface area contributed by atoms with E-state index in [4.69, 9.17) is 0 Å². The Morgan fingerprint density at radius 2 is 2.11 bits per heavy atom. The van der Waals surface area contributed by atoms with Crippen LogP contribution in [0.2, 0.25) is 0 Å². The van der Waals surface area contributed by atoms with Crippen molar-refractivity contribution in [3.05, 3.63) is 42.5 Å². The Balaban J connectivity index is 2.14. The molecule has 1 N–H and O–H groups in total. The van der Waals surface area contributed by atoms with Gasteiger partial charge in [0.05, 0.1) is 11.7 Å². The number of nitrogens with one attached hydrogen (secondary N) is 1. The predicted molar refractivity (Wildman–Crippen MR) is 74.7 cm³/mol. The van der Waals surface area contributed by atoms with E-state index in [0.717, 1.165) is 37.4 Å². The molecule has 2 heterocycles. The van der Waals surface area contributed by atoms with Gasteiger partial charge in [0.1, 0.15) is 5.82 Å². The highest BCUT2D eigenvalue weighted by molar-refractivity contribution is 5.07. The summed E-state index contributed by atoms with van der Waals surface area (Å²) >= 11 is 0. The minimum atomic E-state index is 0.168. The van der Waals surface area contributed by atoms with Crippen LogP contribution >= 0.6 is 0 Å². The topological polar surface area (TPSA) is 55.6 Å². The van der Waals surface area contributed by atoms with Gasteiger partial charge in [0.2, 0.25) is 0 Å². The SMILES string of the molecule is CCCNC(Cc1nccn1CC)c1cnccn1. The van der Waals surface area contributed by atoms with Crippen molar-refractivity contribution in [3.63, 3.8) is 0 Å². The van der Waals surface area contributed by atoms with Crippen molar-refractivity contribution >= 4 is 0 Å². The zero-order valence-corrected chi connectivity index (χ0v) is 11.6. The monoisotopic (exact) mass is 259 g/mol. The Bertz CT molecular complexity index is 480. The van der Waals surface area contributed by atoms with Crippen molar-refractivity contribution in [2.24, 2.45) is 0 Å². The Morgan fingerprint density at radius 1 is 1.21 bits per heavy atom. The Morgan fingerprint density at radius 3 is 2.79 bits per heavy atom. The number of nitrogens with zero attached hydrogens (tertiary/aromatic N) is 4. The van der Waals surface area contributed by atoms with Gasteiger partial charge in [0.15, 0.2) is 0 Å². The Hall–Kier alpha value is -1.75. The van der Waals surface area contributed by atoms with Crippen molar-refractivity contribution in [1.82, 2.24) is 24.8 Å². The quantitative estimate of drug-likeness (QED) is 0.826. The third-order valence-corrected chi connectivity index (χ3v) is 3.11. The van der Waals surface area contributed by atoms with Gasteiger partial charge >= 0.3 is 0 Å². The summed E-state index contributed by atoms with van der Waals surface area (Å²) < 4.78 is 2.16. The summed E-state index contributed by atoms with van der Waals surface area (Å²) in [6.07, 6.45) is 11.1. The summed E-state index contributed by atoms with van der Waals surface area (Å²) in [5.41, 5.74) is 0.974. The summed E-state index contributed by atoms with van der Waals surface area (Å²) in [6.45, 7) is 6.19. The fourth-order valence-electron chi connectivity index (χ4n) is 2.09. The number of imidazole rings is 1. The molecule has 0 aliphatic carbocycles. The van der Waals surface area contributed by atoms with Crippen molar-refractivity contribution in [2.75, 3.05) is 6.54 Å². The van der Waals surface area contributed by atoms with Gasteiger partial charge in [-0.2, -0.15) is 0 Å². The number of hydrogen-bond donors (Lipinski definition) is 1. The van der Waals surface area contributed by atoms with Crippen molar-refractivity contribution in [2.45, 2.75) is 39.3 Å². The number of aryl methyl sites for hydroxylation is 1. The van der Waals surface area contributed by atoms with E-state index in [-0.39, 0.29) is 6.04 Å². The molecular weight excluding hydrogens is 238 g/mol. The molecule has 5 heteroatoms. The molecule has 0 bridgehead atoms. The van der Waals surface area contributed by atoms with Crippen LogP contribution in [-0.4, -0.2) is 26.1 Å². The first kappa shape index (κ1) is 13.7. The van der Waals surface area contributed by atoms with Crippen LogP contribution in [0.3, 0.4) is 0 Å². The summed E-state index contributed by atoms with van der Waals surface area (Å²) in [6, 6.07) is 0.168. The van der Waals surface area contributed by atoms with Gasteiger partial charge in [0, 0.05) is 43.9 Å². The molecule has 2 aromatic rings. The van der Waals surface area contributed by atoms with Crippen molar-refractivity contribution in [3.8, 4) is 0 Å². The fraction of sp³-hybridized carbons (Fsp3) is 0.500. The maximum atomic E-state index is 4.44. The zero-order valence-electron chi connectivity index (χ0n) is 11.6. The molecule has 2 aromatic heterocycles. The zero-order chi connectivity index (χ0) is 13.5. The van der Waals surface area contributed by atoms with E-state index in [1.54, 1.807) is 12.4 Å². The number of aromatic nitrogens is 4. The second kappa shape index (κ2) is 6.99. The molecule has 0 spiro atoms. The van der Waals surface area contributed by atoms with E-state index >= 15 is 0 Å². The highest BCUT2D eigenvalue weighted by Crippen LogP contribution is 2.15. The summed E-state index contributed by atoms with van der Waals surface area (Å²) in [5.74, 6) is 1.08. The van der Waals surface area contributed by atoms with E-state index < -0.39 is 0 Å². The average Bonchev–Trinajstić information content (AvgIpc) is 2.91. The van der Waals surface area contributed by atoms with Crippen LogP contribution in [0.5, 0.6) is 0 Å². The predicted octanol–water partition coefficient (Wildman–Crippen LogP) is 1.98. The van der Waals surface area contributed by atoms with Gasteiger partial charge in [-0.05, 0) is 19.9 Å². The van der Waals surface area contributed by atoms with E-state index in [0.29, 0.717) is 0 Å². The van der Waals surface area contributed by atoms with E-state index in [9.17, 15) is 0 Å². The van der Waals surface area contributed by atoms with E-state index in [1.807, 2.05) is 18.6 Å². The van der Waals surface area contributed by atoms with Crippen LogP contribution in [0.15, 0.2) is 31.0 Å². The van der Waals surface area contributed by atoms with Crippen LogP contribution in [0.4, 0.5) is 0 Å². The molecule has 19 heavy (non-hydrogen) atoms. The molecule has 5 nitrogen and oxygen atoms in total. The second-order valence-electron chi connectivity index (χ2n) is 4.47. The van der Waals surface area contributed by atoms with Crippen LogP contribution in [-0.2, 0) is 13.0 Å². The largest absolute Gasteiger partial charge is 0.335 e. The molecule has 0 amide bonds. The third kappa shape index (κ3) is 3.61. The van der Waals surface area contributed by atoms with Crippen LogP contribution in [0.1, 0.15) is 37.8 Å². The summed E-state index contributed by atoms with van der Waals surface area (Å²) in [7, 11) is 0. The smallest absolute Gasteiger partial charge is 0.110 e. The van der Waals surface area contributed by atoms with Gasteiger partial charge in [-0.1, -0.05) is 6.92 Å². The molecule has 0 saturated heterocycles. The number of rotatable bonds is 7. The minimum Gasteiger partial charge on any atom is -0.335 e. The first-order valence-corrected chi connectivity index (χ1v) is 6.84. The molecule has 0 aliphatic heterocycles. The molecule has 2 rings (SSSR count). The highest BCUT2D eigenvalue weighted by Gasteiger charge is 2.15. The van der Waals surface area contributed by atoms with Gasteiger partial charge in [-0.15, -0.1) is 0 Å². The van der Waals surface area contributed by atoms with Crippen LogP contribution in [0.25, 0.3) is 0 Å². The van der Waals surface area contributed by atoms with Crippen LogP contribution < -0.4 is 5.32 Å². The first-order valence-electron chi connectivity index (χ1n) is 6.84. The standard InChI is InChI=1S/C14H21N5/c1-3-5-16-12(13-11-15-6-7-17-13)10-14-18-8-9-19(14)4-2/h6-9,11-12,16H,3-5,10H2,1-2H3. The first-order chi connectivity index (χ1) is 9.35. The Labute approximate surface area is 114 Å². The van der Waals surface area contributed by atoms with Crippen molar-refractivity contribution in [1.29, 1.82) is 0 Å². The minimum absolute atomic E-state index is 0.168. The highest BCUT2D eigenvalue weighted by atomic mass is 15.1. The van der Waals surface area contributed by atoms with Gasteiger partial charge in [0.25, 0.3) is 0 Å². The summed E-state index contributed by atoms with van der Waals surface area (Å²) in [4.78, 5) is 13.0. The normalized spacial score (nSPS) is 12.5. The molecule has 0 aromatic carbocycles. The molecule has 0 saturated carbocycles. The fourth-order valence-corrected chi connectivity index (χ4v) is 2.09. The molecule has 1 atom stereocenters. The van der Waals surface area contributed by atoms with E-state index in [2.05, 4.69) is 38.7 Å². The second-order valence-corrected chi connectivity index (χ2v) is 4.47. The number of hydrogen-bond acceptors (Lipinski definition) is 4. The summed E-state index contributed by atoms with van der Waals surface area (Å²) in [5, 5.41) is 3.52. The lowest BCUT2D eigenvalue weighted by molar-refractivity contribution is 0.495. The van der Waals surface area contributed by atoms with Gasteiger partial charge < -0.3 is 9.88 Å². The lowest BCUT2D eigenvalue weighted by atomic mass is 10.1. The van der Waals surface area contributed by atoms with Gasteiger partial charge in [-0.25, -0.2) is 4.98 Å². The lowest BCUT2D eigenvalue weighted by Gasteiger charge is -2.17. The van der Waals surface area contributed by atoms with E-state index in [1.165, 1.54) is 0 Å². The molecular formula is C14H21N5. The molecule has 0 aliphatic rings. The molecule has 102 valence electrons. The Kier molecular flexibility index (Phi) is 5.03. The average molecular weight is 259 g/mol. The molecule has 0 fully saturated rings. The maximum Gasteiger partial charge on any atom is 0.110 e. The van der Waals surface area contributed by atoms with Crippen LogP contribution in [0, 0.1) is 0 Å². The third-order valence-electron chi connectivity index (χ3n) is 3.11. The molecule has 0 radical (unpaired) electrons. The lowest BCUT2D eigenvalue weighted by Crippen LogP contribution is -2.26. The van der Waals surface area contributed by atoms with Crippen molar-refractivity contribution < 1.29 is 0 Å². The van der Waals surface area contributed by atoms with Gasteiger partial charge in [-0.3, -0.25) is 9.97 Å².